The fourth-order valence-electron chi connectivity index (χ4n) is 3.60. The zero-order chi connectivity index (χ0) is 23.7. The molecule has 2 aromatic carbocycles. The Bertz CT molecular complexity index is 1530. The van der Waals surface area contributed by atoms with Crippen molar-refractivity contribution in [3.05, 3.63) is 89.5 Å². The predicted molar refractivity (Wildman–Crippen MR) is 137 cm³/mol. The van der Waals surface area contributed by atoms with Gasteiger partial charge in [-0.25, -0.2) is 9.59 Å². The summed E-state index contributed by atoms with van der Waals surface area (Å²) >= 11 is 6.72. The number of anilines is 1. The first kappa shape index (κ1) is 23.2. The monoisotopic (exact) mass is 571 g/mol. The molecule has 0 aliphatic rings. The van der Waals surface area contributed by atoms with Gasteiger partial charge in [-0.2, -0.15) is 0 Å². The largest absolute Gasteiger partial charge is 0.422 e. The fourth-order valence-corrected chi connectivity index (χ4v) is 4.94. The van der Waals surface area contributed by atoms with Gasteiger partial charge in [-0.3, -0.25) is 4.79 Å². The van der Waals surface area contributed by atoms with Crippen LogP contribution in [0.25, 0.3) is 28.0 Å². The molecule has 168 valence electrons. The zero-order valence-electron chi connectivity index (χ0n) is 17.9. The molecular formula is C25H19Br2NO5. The molecule has 0 saturated carbocycles. The Hall–Kier alpha value is -2.97. The van der Waals surface area contributed by atoms with Crippen LogP contribution in [0.4, 0.5) is 5.69 Å². The third-order valence-corrected chi connectivity index (χ3v) is 6.35. The minimum Gasteiger partial charge on any atom is -0.422 e. The highest BCUT2D eigenvalue weighted by Gasteiger charge is 2.14. The van der Waals surface area contributed by atoms with Crippen LogP contribution < -0.4 is 16.2 Å². The van der Waals surface area contributed by atoms with Crippen molar-refractivity contribution in [1.82, 2.24) is 0 Å². The van der Waals surface area contributed by atoms with E-state index in [1.807, 2.05) is 18.2 Å². The second-order valence-corrected chi connectivity index (χ2v) is 9.10. The molecule has 33 heavy (non-hydrogen) atoms. The highest BCUT2D eigenvalue weighted by atomic mass is 79.9. The summed E-state index contributed by atoms with van der Waals surface area (Å²) in [5, 5.41) is 1.32. The van der Waals surface area contributed by atoms with E-state index in [4.69, 9.17) is 8.83 Å². The molecule has 0 amide bonds. The molecule has 0 spiro atoms. The Morgan fingerprint density at radius 2 is 1.70 bits per heavy atom. The van der Waals surface area contributed by atoms with Gasteiger partial charge in [0.25, 0.3) is 0 Å². The van der Waals surface area contributed by atoms with Crippen molar-refractivity contribution >= 4 is 71.3 Å². The Balaban J connectivity index is 1.68. The van der Waals surface area contributed by atoms with Crippen molar-refractivity contribution in [1.29, 1.82) is 0 Å². The Kier molecular flexibility index (Phi) is 6.67. The molecule has 0 aliphatic heterocycles. The van der Waals surface area contributed by atoms with Gasteiger partial charge in [-0.05, 0) is 78.3 Å². The lowest BCUT2D eigenvalue weighted by molar-refractivity contribution is 0.104. The van der Waals surface area contributed by atoms with Crippen LogP contribution in [0.1, 0.15) is 29.8 Å². The summed E-state index contributed by atoms with van der Waals surface area (Å²) in [7, 11) is 0. The predicted octanol–water partition coefficient (Wildman–Crippen LogP) is 6.17. The fraction of sp³-hybridized carbons (Fsp3) is 0.160. The molecule has 0 unspecified atom stereocenters. The number of ketones is 1. The number of benzene rings is 2. The summed E-state index contributed by atoms with van der Waals surface area (Å²) in [6.45, 7) is 5.79. The van der Waals surface area contributed by atoms with Crippen molar-refractivity contribution in [2.45, 2.75) is 13.8 Å². The number of carbonyl (C=O) groups excluding carboxylic acids is 1. The molecule has 0 bridgehead atoms. The molecule has 4 rings (SSSR count). The lowest BCUT2D eigenvalue weighted by Gasteiger charge is -2.20. The molecule has 0 saturated heterocycles. The van der Waals surface area contributed by atoms with Gasteiger partial charge in [0.15, 0.2) is 11.4 Å². The van der Waals surface area contributed by atoms with Crippen LogP contribution in [-0.4, -0.2) is 18.9 Å². The quantitative estimate of drug-likeness (QED) is 0.156. The van der Waals surface area contributed by atoms with Crippen molar-refractivity contribution < 1.29 is 13.6 Å². The van der Waals surface area contributed by atoms with Crippen LogP contribution in [-0.2, 0) is 0 Å². The molecule has 4 aromatic rings. The topological polar surface area (TPSA) is 80.7 Å². The molecule has 0 radical (unpaired) electrons. The SMILES string of the molecule is CCN(CC)c1ccc2cc(/C=C/C(=O)c3cc4cc(Br)cc(Br)c4oc3=O)c(=O)oc2c1. The number of allylic oxidation sites excluding steroid dienone is 1. The highest BCUT2D eigenvalue weighted by molar-refractivity contribution is 9.11. The van der Waals surface area contributed by atoms with E-state index in [-0.39, 0.29) is 11.1 Å². The summed E-state index contributed by atoms with van der Waals surface area (Å²) in [6.07, 6.45) is 2.53. The van der Waals surface area contributed by atoms with E-state index in [0.717, 1.165) is 28.6 Å². The Morgan fingerprint density at radius 1 is 0.939 bits per heavy atom. The zero-order valence-corrected chi connectivity index (χ0v) is 21.0. The summed E-state index contributed by atoms with van der Waals surface area (Å²) < 4.78 is 12.2. The van der Waals surface area contributed by atoms with Crippen LogP contribution >= 0.6 is 31.9 Å². The van der Waals surface area contributed by atoms with Crippen molar-refractivity contribution in [2.24, 2.45) is 0 Å². The standard InChI is InChI=1S/C25H19Br2NO5/c1-3-28(4-2)18-7-5-14-9-15(24(30)32-22(14)13-18)6-8-21(29)19-11-16-10-17(26)12-20(27)23(16)33-25(19)31/h5-13H,3-4H2,1-2H3/b8-6+. The third kappa shape index (κ3) is 4.72. The second-order valence-electron chi connectivity index (χ2n) is 7.33. The maximum absolute atomic E-state index is 12.7. The number of halogens is 2. The van der Waals surface area contributed by atoms with E-state index >= 15 is 0 Å². The van der Waals surface area contributed by atoms with Gasteiger partial charge in [0.05, 0.1) is 10.0 Å². The normalized spacial score (nSPS) is 11.5. The van der Waals surface area contributed by atoms with E-state index < -0.39 is 17.0 Å². The van der Waals surface area contributed by atoms with E-state index in [2.05, 4.69) is 50.6 Å². The van der Waals surface area contributed by atoms with Gasteiger partial charge in [0, 0.05) is 40.1 Å². The lowest BCUT2D eigenvalue weighted by atomic mass is 10.1. The molecule has 0 fully saturated rings. The highest BCUT2D eigenvalue weighted by Crippen LogP contribution is 2.28. The molecular weight excluding hydrogens is 554 g/mol. The summed E-state index contributed by atoms with van der Waals surface area (Å²) in [4.78, 5) is 39.7. The number of hydrogen-bond acceptors (Lipinski definition) is 6. The second kappa shape index (κ2) is 9.49. The smallest absolute Gasteiger partial charge is 0.347 e. The number of rotatable bonds is 6. The first-order valence-corrected chi connectivity index (χ1v) is 11.9. The summed E-state index contributed by atoms with van der Waals surface area (Å²) in [6, 6.07) is 12.3. The first-order valence-electron chi connectivity index (χ1n) is 10.3. The van der Waals surface area contributed by atoms with Gasteiger partial charge in [0.1, 0.15) is 11.1 Å². The van der Waals surface area contributed by atoms with Gasteiger partial charge in [-0.1, -0.05) is 15.9 Å². The van der Waals surface area contributed by atoms with Crippen LogP contribution in [0, 0.1) is 0 Å². The Labute approximate surface area is 205 Å². The maximum Gasteiger partial charge on any atom is 0.347 e. The first-order chi connectivity index (χ1) is 15.8. The number of carbonyl (C=O) groups is 1. The molecule has 6 nitrogen and oxygen atoms in total. The van der Waals surface area contributed by atoms with Gasteiger partial charge < -0.3 is 13.7 Å². The maximum atomic E-state index is 12.7. The van der Waals surface area contributed by atoms with Gasteiger partial charge in [-0.15, -0.1) is 0 Å². The van der Waals surface area contributed by atoms with E-state index in [1.54, 1.807) is 18.2 Å². The summed E-state index contributed by atoms with van der Waals surface area (Å²) in [5.41, 5.74) is 0.550. The molecule has 8 heteroatoms. The van der Waals surface area contributed by atoms with Crippen LogP contribution in [0.3, 0.4) is 0 Å². The average Bonchev–Trinajstić information content (AvgIpc) is 2.78. The molecule has 2 aromatic heterocycles. The van der Waals surface area contributed by atoms with Gasteiger partial charge >= 0.3 is 11.3 Å². The number of nitrogens with zero attached hydrogens (tertiary/aromatic N) is 1. The average molecular weight is 573 g/mol. The van der Waals surface area contributed by atoms with Crippen LogP contribution in [0.5, 0.6) is 0 Å². The van der Waals surface area contributed by atoms with Crippen LogP contribution in [0.15, 0.2) is 75.9 Å². The van der Waals surface area contributed by atoms with E-state index in [0.29, 0.717) is 21.0 Å². The van der Waals surface area contributed by atoms with Crippen LogP contribution in [0.2, 0.25) is 0 Å². The Morgan fingerprint density at radius 3 is 2.42 bits per heavy atom. The van der Waals surface area contributed by atoms with Gasteiger partial charge in [0.2, 0.25) is 0 Å². The van der Waals surface area contributed by atoms with Crippen molar-refractivity contribution in [2.75, 3.05) is 18.0 Å². The molecule has 0 aliphatic carbocycles. The number of fused-ring (bicyclic) bond motifs is 2. The molecule has 0 atom stereocenters. The lowest BCUT2D eigenvalue weighted by Crippen LogP contribution is -2.21. The number of hydrogen-bond donors (Lipinski definition) is 0. The minimum atomic E-state index is -0.755. The van der Waals surface area contributed by atoms with E-state index in [9.17, 15) is 14.4 Å². The van der Waals surface area contributed by atoms with Crippen molar-refractivity contribution in [3.63, 3.8) is 0 Å². The summed E-state index contributed by atoms with van der Waals surface area (Å²) in [5.74, 6) is -0.571. The van der Waals surface area contributed by atoms with Crippen molar-refractivity contribution in [3.8, 4) is 0 Å². The third-order valence-electron chi connectivity index (χ3n) is 5.31. The minimum absolute atomic E-state index is 0.127. The molecule has 0 N–H and O–H groups in total. The van der Waals surface area contributed by atoms with E-state index in [1.165, 1.54) is 18.2 Å². The molecule has 2 heterocycles.